The Hall–Kier alpha value is -1.92. The smallest absolute Gasteiger partial charge is 0.251 e. The molecule has 1 amide bonds. The van der Waals surface area contributed by atoms with E-state index in [4.69, 9.17) is 5.11 Å². The van der Waals surface area contributed by atoms with Crippen LogP contribution in [0.5, 0.6) is 0 Å². The first kappa shape index (κ1) is 15.5. The van der Waals surface area contributed by atoms with Crippen molar-refractivity contribution in [1.29, 1.82) is 0 Å². The number of rotatable bonds is 6. The second-order valence-electron chi connectivity index (χ2n) is 4.87. The SMILES string of the molecule is Cc1csc(CNc2ccc(C(=O)NC(C)CO)cc2)n1. The Kier molecular flexibility index (Phi) is 5.30. The molecule has 0 saturated carbocycles. The molecule has 6 heteroatoms. The Morgan fingerprint density at radius 2 is 2.10 bits per heavy atom. The summed E-state index contributed by atoms with van der Waals surface area (Å²) >= 11 is 1.62. The maximum absolute atomic E-state index is 11.9. The normalized spacial score (nSPS) is 12.0. The molecule has 1 aromatic heterocycles. The van der Waals surface area contributed by atoms with Crippen LogP contribution in [0.4, 0.5) is 5.69 Å². The lowest BCUT2D eigenvalue weighted by Crippen LogP contribution is -2.34. The number of hydrogen-bond acceptors (Lipinski definition) is 5. The lowest BCUT2D eigenvalue weighted by Gasteiger charge is -2.11. The van der Waals surface area contributed by atoms with Gasteiger partial charge >= 0.3 is 0 Å². The second-order valence-corrected chi connectivity index (χ2v) is 5.81. The van der Waals surface area contributed by atoms with Gasteiger partial charge in [-0.3, -0.25) is 4.79 Å². The van der Waals surface area contributed by atoms with Gasteiger partial charge in [-0.15, -0.1) is 11.3 Å². The summed E-state index contributed by atoms with van der Waals surface area (Å²) in [5, 5.41) is 18.0. The average molecular weight is 305 g/mol. The number of nitrogens with zero attached hydrogens (tertiary/aromatic N) is 1. The molecule has 0 spiro atoms. The van der Waals surface area contributed by atoms with E-state index in [9.17, 15) is 4.79 Å². The van der Waals surface area contributed by atoms with Gasteiger partial charge in [0.25, 0.3) is 5.91 Å². The Morgan fingerprint density at radius 3 is 2.67 bits per heavy atom. The number of aliphatic hydroxyl groups is 1. The summed E-state index contributed by atoms with van der Waals surface area (Å²) in [6, 6.07) is 6.99. The maximum Gasteiger partial charge on any atom is 0.251 e. The van der Waals surface area contributed by atoms with Crippen molar-refractivity contribution in [3.05, 3.63) is 45.9 Å². The molecule has 2 aromatic rings. The summed E-state index contributed by atoms with van der Waals surface area (Å²) in [4.78, 5) is 16.2. The van der Waals surface area contributed by atoms with Crippen LogP contribution in [0.25, 0.3) is 0 Å². The minimum Gasteiger partial charge on any atom is -0.394 e. The number of aromatic nitrogens is 1. The van der Waals surface area contributed by atoms with Gasteiger partial charge < -0.3 is 15.7 Å². The predicted octanol–water partition coefficient (Wildman–Crippen LogP) is 2.17. The third kappa shape index (κ3) is 4.54. The molecule has 0 aliphatic carbocycles. The number of thiazole rings is 1. The summed E-state index contributed by atoms with van der Waals surface area (Å²) in [6.45, 7) is 4.33. The van der Waals surface area contributed by atoms with E-state index in [0.29, 0.717) is 12.1 Å². The standard InChI is InChI=1S/C15H19N3O2S/c1-10(8-19)18-15(20)12-3-5-13(6-4-12)16-7-14-17-11(2)9-21-14/h3-6,9-10,16,19H,7-8H2,1-2H3,(H,18,20). The number of amides is 1. The topological polar surface area (TPSA) is 74.2 Å². The fourth-order valence-electron chi connectivity index (χ4n) is 1.75. The summed E-state index contributed by atoms with van der Waals surface area (Å²) in [7, 11) is 0. The number of aliphatic hydroxyl groups excluding tert-OH is 1. The molecule has 112 valence electrons. The molecule has 5 nitrogen and oxygen atoms in total. The number of hydrogen-bond donors (Lipinski definition) is 3. The van der Waals surface area contributed by atoms with Crippen molar-refractivity contribution in [2.45, 2.75) is 26.4 Å². The molecule has 1 unspecified atom stereocenters. The Labute approximate surface area is 128 Å². The summed E-state index contributed by atoms with van der Waals surface area (Å²) in [5.41, 5.74) is 2.54. The maximum atomic E-state index is 11.9. The van der Waals surface area contributed by atoms with E-state index in [1.54, 1.807) is 30.4 Å². The van der Waals surface area contributed by atoms with Gasteiger partial charge in [-0.25, -0.2) is 4.98 Å². The second kappa shape index (κ2) is 7.19. The Bertz CT molecular complexity index is 595. The number of benzene rings is 1. The molecule has 1 heterocycles. The largest absolute Gasteiger partial charge is 0.394 e. The van der Waals surface area contributed by atoms with Crippen LogP contribution in [0.3, 0.4) is 0 Å². The van der Waals surface area contributed by atoms with Crippen molar-refractivity contribution in [3.63, 3.8) is 0 Å². The highest BCUT2D eigenvalue weighted by atomic mass is 32.1. The minimum atomic E-state index is -0.247. The molecule has 1 aromatic carbocycles. The number of carbonyl (C=O) groups is 1. The fourth-order valence-corrected chi connectivity index (χ4v) is 2.47. The van der Waals surface area contributed by atoms with Crippen LogP contribution in [-0.4, -0.2) is 28.6 Å². The Morgan fingerprint density at radius 1 is 1.38 bits per heavy atom. The molecular weight excluding hydrogens is 286 g/mol. The molecule has 2 rings (SSSR count). The zero-order valence-corrected chi connectivity index (χ0v) is 12.9. The van der Waals surface area contributed by atoms with Crippen LogP contribution < -0.4 is 10.6 Å². The number of anilines is 1. The van der Waals surface area contributed by atoms with Gasteiger partial charge in [0.1, 0.15) is 5.01 Å². The van der Waals surface area contributed by atoms with Gasteiger partial charge in [-0.2, -0.15) is 0 Å². The van der Waals surface area contributed by atoms with Gasteiger partial charge in [0.2, 0.25) is 0 Å². The number of nitrogens with one attached hydrogen (secondary N) is 2. The van der Waals surface area contributed by atoms with E-state index in [1.165, 1.54) is 0 Å². The molecule has 0 saturated heterocycles. The third-order valence-electron chi connectivity index (χ3n) is 2.91. The van der Waals surface area contributed by atoms with Crippen molar-refractivity contribution in [2.24, 2.45) is 0 Å². The van der Waals surface area contributed by atoms with Gasteiger partial charge in [-0.05, 0) is 38.1 Å². The van der Waals surface area contributed by atoms with Gasteiger partial charge in [0, 0.05) is 28.4 Å². The van der Waals surface area contributed by atoms with Gasteiger partial charge in [0.15, 0.2) is 0 Å². The first-order chi connectivity index (χ1) is 10.1. The molecular formula is C15H19N3O2S. The Balaban J connectivity index is 1.91. The van der Waals surface area contributed by atoms with E-state index in [0.717, 1.165) is 16.4 Å². The van der Waals surface area contributed by atoms with Crippen LogP contribution in [0.2, 0.25) is 0 Å². The van der Waals surface area contributed by atoms with E-state index < -0.39 is 0 Å². The van der Waals surface area contributed by atoms with Gasteiger partial charge in [0.05, 0.1) is 13.2 Å². The molecule has 21 heavy (non-hydrogen) atoms. The van der Waals surface area contributed by atoms with Crippen molar-refractivity contribution >= 4 is 22.9 Å². The zero-order valence-electron chi connectivity index (χ0n) is 12.1. The lowest BCUT2D eigenvalue weighted by molar-refractivity contribution is 0.0922. The van der Waals surface area contributed by atoms with E-state index in [1.807, 2.05) is 24.4 Å². The molecule has 0 bridgehead atoms. The molecule has 3 N–H and O–H groups in total. The highest BCUT2D eigenvalue weighted by molar-refractivity contribution is 7.09. The van der Waals surface area contributed by atoms with Crippen molar-refractivity contribution < 1.29 is 9.90 Å². The molecule has 0 aliphatic heterocycles. The first-order valence-electron chi connectivity index (χ1n) is 6.75. The number of carbonyl (C=O) groups excluding carboxylic acids is 1. The fraction of sp³-hybridized carbons (Fsp3) is 0.333. The molecule has 1 atom stereocenters. The van der Waals surface area contributed by atoms with Crippen LogP contribution in [0, 0.1) is 6.92 Å². The van der Waals surface area contributed by atoms with E-state index in [2.05, 4.69) is 15.6 Å². The van der Waals surface area contributed by atoms with Crippen LogP contribution >= 0.6 is 11.3 Å². The average Bonchev–Trinajstić information content (AvgIpc) is 2.91. The van der Waals surface area contributed by atoms with E-state index in [-0.39, 0.29) is 18.6 Å². The predicted molar refractivity (Wildman–Crippen MR) is 84.6 cm³/mol. The molecule has 0 radical (unpaired) electrons. The quantitative estimate of drug-likeness (QED) is 0.764. The first-order valence-corrected chi connectivity index (χ1v) is 7.63. The highest BCUT2D eigenvalue weighted by Crippen LogP contribution is 2.14. The monoisotopic (exact) mass is 305 g/mol. The van der Waals surface area contributed by atoms with Crippen molar-refractivity contribution in [2.75, 3.05) is 11.9 Å². The summed E-state index contributed by atoms with van der Waals surface area (Å²) in [5.74, 6) is -0.182. The lowest BCUT2D eigenvalue weighted by atomic mass is 10.2. The van der Waals surface area contributed by atoms with E-state index >= 15 is 0 Å². The van der Waals surface area contributed by atoms with Crippen LogP contribution in [0.1, 0.15) is 28.0 Å². The number of aryl methyl sites for hydroxylation is 1. The van der Waals surface area contributed by atoms with Crippen LogP contribution in [-0.2, 0) is 6.54 Å². The molecule has 0 aliphatic rings. The van der Waals surface area contributed by atoms with Crippen molar-refractivity contribution in [1.82, 2.24) is 10.3 Å². The molecule has 0 fully saturated rings. The summed E-state index contributed by atoms with van der Waals surface area (Å²) < 4.78 is 0. The minimum absolute atomic E-state index is 0.0708. The zero-order chi connectivity index (χ0) is 15.2. The third-order valence-corrected chi connectivity index (χ3v) is 3.88. The van der Waals surface area contributed by atoms with Crippen molar-refractivity contribution in [3.8, 4) is 0 Å². The van der Waals surface area contributed by atoms with Gasteiger partial charge in [-0.1, -0.05) is 0 Å². The summed E-state index contributed by atoms with van der Waals surface area (Å²) in [6.07, 6.45) is 0. The highest BCUT2D eigenvalue weighted by Gasteiger charge is 2.08. The van der Waals surface area contributed by atoms with Crippen LogP contribution in [0.15, 0.2) is 29.6 Å².